The average Bonchev–Trinajstić information content (AvgIpc) is 2.69. The van der Waals surface area contributed by atoms with Crippen LogP contribution in [0.3, 0.4) is 0 Å². The molecule has 0 atom stereocenters. The SMILES string of the molecule is CCn1nccc1C(=O)C(C)(C)N1CCCCCC1. The van der Waals surface area contributed by atoms with Crippen molar-refractivity contribution in [1.29, 1.82) is 0 Å². The van der Waals surface area contributed by atoms with Crippen molar-refractivity contribution in [2.75, 3.05) is 13.1 Å². The first-order chi connectivity index (χ1) is 9.07. The van der Waals surface area contributed by atoms with Crippen LogP contribution in [0.2, 0.25) is 0 Å². The third-order valence-electron chi connectivity index (χ3n) is 4.20. The van der Waals surface area contributed by atoms with Crippen LogP contribution < -0.4 is 0 Å². The van der Waals surface area contributed by atoms with E-state index in [0.29, 0.717) is 0 Å². The van der Waals surface area contributed by atoms with Crippen molar-refractivity contribution in [3.05, 3.63) is 18.0 Å². The van der Waals surface area contributed by atoms with Gasteiger partial charge in [0.2, 0.25) is 0 Å². The van der Waals surface area contributed by atoms with Crippen LogP contribution in [0.5, 0.6) is 0 Å². The average molecular weight is 263 g/mol. The minimum atomic E-state index is -0.433. The number of likely N-dealkylation sites (tertiary alicyclic amines) is 1. The van der Waals surface area contributed by atoms with E-state index < -0.39 is 5.54 Å². The zero-order valence-electron chi connectivity index (χ0n) is 12.4. The number of ketones is 1. The number of hydrogen-bond donors (Lipinski definition) is 0. The molecule has 1 aromatic rings. The summed E-state index contributed by atoms with van der Waals surface area (Å²) >= 11 is 0. The Balaban J connectivity index is 2.20. The second kappa shape index (κ2) is 5.87. The van der Waals surface area contributed by atoms with Gasteiger partial charge in [-0.3, -0.25) is 14.4 Å². The molecule has 0 N–H and O–H groups in total. The van der Waals surface area contributed by atoms with Crippen LogP contribution in [0.15, 0.2) is 12.3 Å². The number of rotatable bonds is 4. The number of carbonyl (C=O) groups excluding carboxylic acids is 1. The Morgan fingerprint density at radius 3 is 2.47 bits per heavy atom. The number of aromatic nitrogens is 2. The molecule has 0 radical (unpaired) electrons. The minimum Gasteiger partial charge on any atom is -0.291 e. The number of carbonyl (C=O) groups is 1. The summed E-state index contributed by atoms with van der Waals surface area (Å²) in [6.45, 7) is 8.91. The minimum absolute atomic E-state index is 0.189. The number of aryl methyl sites for hydroxylation is 1. The van der Waals surface area contributed by atoms with Crippen LogP contribution >= 0.6 is 0 Å². The predicted octanol–water partition coefficient (Wildman–Crippen LogP) is 2.74. The maximum absolute atomic E-state index is 12.8. The third kappa shape index (κ3) is 2.89. The second-order valence-electron chi connectivity index (χ2n) is 5.82. The first-order valence-electron chi connectivity index (χ1n) is 7.39. The van der Waals surface area contributed by atoms with E-state index in [-0.39, 0.29) is 5.78 Å². The lowest BCUT2D eigenvalue weighted by molar-refractivity contribution is 0.0638. The van der Waals surface area contributed by atoms with Crippen LogP contribution in [0.1, 0.15) is 56.9 Å². The molecular formula is C15H25N3O. The van der Waals surface area contributed by atoms with Crippen LogP contribution in [0.25, 0.3) is 0 Å². The molecule has 1 fully saturated rings. The van der Waals surface area contributed by atoms with Gasteiger partial charge < -0.3 is 0 Å². The van der Waals surface area contributed by atoms with Crippen molar-refractivity contribution in [1.82, 2.24) is 14.7 Å². The van der Waals surface area contributed by atoms with Crippen LogP contribution in [-0.2, 0) is 6.54 Å². The number of hydrogen-bond acceptors (Lipinski definition) is 3. The summed E-state index contributed by atoms with van der Waals surface area (Å²) in [7, 11) is 0. The summed E-state index contributed by atoms with van der Waals surface area (Å²) in [5.41, 5.74) is 0.300. The molecule has 0 aromatic carbocycles. The fourth-order valence-corrected chi connectivity index (χ4v) is 2.86. The van der Waals surface area contributed by atoms with Crippen molar-refractivity contribution >= 4 is 5.78 Å². The summed E-state index contributed by atoms with van der Waals surface area (Å²) in [6, 6.07) is 1.84. The van der Waals surface area contributed by atoms with Crippen LogP contribution in [0.4, 0.5) is 0 Å². The van der Waals surface area contributed by atoms with E-state index in [2.05, 4.69) is 10.00 Å². The molecule has 4 nitrogen and oxygen atoms in total. The van der Waals surface area contributed by atoms with Crippen molar-refractivity contribution in [2.24, 2.45) is 0 Å². The Morgan fingerprint density at radius 1 is 1.26 bits per heavy atom. The molecule has 106 valence electrons. The van der Waals surface area contributed by atoms with E-state index in [0.717, 1.165) is 25.3 Å². The highest BCUT2D eigenvalue weighted by atomic mass is 16.1. The lowest BCUT2D eigenvalue weighted by Crippen LogP contribution is -2.51. The van der Waals surface area contributed by atoms with Gasteiger partial charge in [-0.2, -0.15) is 5.10 Å². The highest BCUT2D eigenvalue weighted by molar-refractivity contribution is 6.01. The van der Waals surface area contributed by atoms with E-state index in [9.17, 15) is 4.79 Å². The lowest BCUT2D eigenvalue weighted by atomic mass is 9.93. The number of nitrogens with zero attached hydrogens (tertiary/aromatic N) is 3. The van der Waals surface area contributed by atoms with E-state index in [1.165, 1.54) is 25.7 Å². The summed E-state index contributed by atoms with van der Waals surface area (Å²) in [6.07, 6.45) is 6.68. The molecule has 19 heavy (non-hydrogen) atoms. The molecular weight excluding hydrogens is 238 g/mol. The maximum atomic E-state index is 12.8. The molecule has 0 spiro atoms. The highest BCUT2D eigenvalue weighted by Gasteiger charge is 2.36. The summed E-state index contributed by atoms with van der Waals surface area (Å²) in [5, 5.41) is 4.21. The molecule has 2 heterocycles. The van der Waals surface area contributed by atoms with E-state index >= 15 is 0 Å². The first-order valence-corrected chi connectivity index (χ1v) is 7.39. The standard InChI is InChI=1S/C15H25N3O/c1-4-18-13(9-10-16-18)14(19)15(2,3)17-11-7-5-6-8-12-17/h9-10H,4-8,11-12H2,1-3H3. The van der Waals surface area contributed by atoms with E-state index in [1.54, 1.807) is 10.9 Å². The van der Waals surface area contributed by atoms with Crippen molar-refractivity contribution in [3.63, 3.8) is 0 Å². The van der Waals surface area contributed by atoms with E-state index in [4.69, 9.17) is 0 Å². The zero-order chi connectivity index (χ0) is 13.9. The molecule has 1 aliphatic rings. The second-order valence-corrected chi connectivity index (χ2v) is 5.82. The Hall–Kier alpha value is -1.16. The van der Waals surface area contributed by atoms with Crippen molar-refractivity contribution in [3.8, 4) is 0 Å². The van der Waals surface area contributed by atoms with Gasteiger partial charge in [0.05, 0.1) is 5.54 Å². The van der Waals surface area contributed by atoms with Gasteiger partial charge in [-0.15, -0.1) is 0 Å². The molecule has 1 saturated heterocycles. The quantitative estimate of drug-likeness (QED) is 0.784. The largest absolute Gasteiger partial charge is 0.291 e. The van der Waals surface area contributed by atoms with Crippen molar-refractivity contribution < 1.29 is 4.79 Å². The molecule has 1 aromatic heterocycles. The lowest BCUT2D eigenvalue weighted by Gasteiger charge is -2.36. The zero-order valence-corrected chi connectivity index (χ0v) is 12.4. The third-order valence-corrected chi connectivity index (χ3v) is 4.20. The topological polar surface area (TPSA) is 38.1 Å². The first kappa shape index (κ1) is 14.3. The van der Waals surface area contributed by atoms with Gasteiger partial charge in [0.15, 0.2) is 5.78 Å². The Labute approximate surface area is 115 Å². The smallest absolute Gasteiger partial charge is 0.200 e. The molecule has 0 amide bonds. The maximum Gasteiger partial charge on any atom is 0.200 e. The van der Waals surface area contributed by atoms with Crippen LogP contribution in [0, 0.1) is 0 Å². The summed E-state index contributed by atoms with van der Waals surface area (Å²) < 4.78 is 1.79. The van der Waals surface area contributed by atoms with Gasteiger partial charge in [0, 0.05) is 12.7 Å². The normalized spacial score (nSPS) is 18.3. The fraction of sp³-hybridized carbons (Fsp3) is 0.733. The molecule has 0 bridgehead atoms. The molecule has 2 rings (SSSR count). The summed E-state index contributed by atoms with van der Waals surface area (Å²) in [5.74, 6) is 0.189. The number of Topliss-reactive ketones (excluding diaryl/α,β-unsaturated/α-hetero) is 1. The molecule has 4 heteroatoms. The molecule has 0 saturated carbocycles. The van der Waals surface area contributed by atoms with Crippen LogP contribution in [-0.4, -0.2) is 39.1 Å². The van der Waals surface area contributed by atoms with Gasteiger partial charge in [-0.05, 0) is 52.8 Å². The van der Waals surface area contributed by atoms with Gasteiger partial charge >= 0.3 is 0 Å². The van der Waals surface area contributed by atoms with Gasteiger partial charge in [0.25, 0.3) is 0 Å². The molecule has 1 aliphatic heterocycles. The fourth-order valence-electron chi connectivity index (χ4n) is 2.86. The summed E-state index contributed by atoms with van der Waals surface area (Å²) in [4.78, 5) is 15.2. The highest BCUT2D eigenvalue weighted by Crippen LogP contribution is 2.24. The predicted molar refractivity (Wildman–Crippen MR) is 76.4 cm³/mol. The van der Waals surface area contributed by atoms with Gasteiger partial charge in [0.1, 0.15) is 5.69 Å². The Bertz CT molecular complexity index is 428. The Morgan fingerprint density at radius 2 is 1.89 bits per heavy atom. The Kier molecular flexibility index (Phi) is 4.40. The molecule has 0 aliphatic carbocycles. The van der Waals surface area contributed by atoms with Gasteiger partial charge in [-0.1, -0.05) is 12.8 Å². The van der Waals surface area contributed by atoms with E-state index in [1.807, 2.05) is 26.8 Å². The monoisotopic (exact) mass is 263 g/mol. The van der Waals surface area contributed by atoms with Gasteiger partial charge in [-0.25, -0.2) is 0 Å². The van der Waals surface area contributed by atoms with Crippen molar-refractivity contribution in [2.45, 2.75) is 58.5 Å². The molecule has 0 unspecified atom stereocenters.